The van der Waals surface area contributed by atoms with Crippen molar-refractivity contribution in [3.05, 3.63) is 167 Å². The van der Waals surface area contributed by atoms with Crippen molar-refractivity contribution in [1.29, 1.82) is 0 Å². The van der Waals surface area contributed by atoms with Gasteiger partial charge in [0.1, 0.15) is 40.3 Å². The van der Waals surface area contributed by atoms with Crippen LogP contribution in [0.25, 0.3) is 66.5 Å². The van der Waals surface area contributed by atoms with Gasteiger partial charge < -0.3 is 33.6 Å². The van der Waals surface area contributed by atoms with Gasteiger partial charge in [-0.1, -0.05) is 21.5 Å². The number of hydrogen-bond acceptors (Lipinski definition) is 13. The van der Waals surface area contributed by atoms with Crippen LogP contribution in [0.5, 0.6) is 0 Å². The largest absolute Gasteiger partial charge is 0.384 e. The molecule has 318 valence electrons. The fourth-order valence-electron chi connectivity index (χ4n) is 7.85. The summed E-state index contributed by atoms with van der Waals surface area (Å²) in [6.45, 7) is 11.4. The number of nitrogens with one attached hydrogen (secondary N) is 3. The molecule has 0 aliphatic rings. The maximum Gasteiger partial charge on any atom is 0.196 e. The van der Waals surface area contributed by atoms with Crippen LogP contribution in [0.4, 0.5) is 0 Å². The van der Waals surface area contributed by atoms with Crippen LogP contribution >= 0.6 is 0 Å². The zero-order valence-corrected chi connectivity index (χ0v) is 35.6. The average Bonchev–Trinajstić information content (AvgIpc) is 4.20. The van der Waals surface area contributed by atoms with Gasteiger partial charge in [0.15, 0.2) is 5.78 Å². The van der Waals surface area contributed by atoms with Crippen LogP contribution in [-0.4, -0.2) is 66.2 Å². The number of ketones is 1. The van der Waals surface area contributed by atoms with Crippen LogP contribution < -0.4 is 0 Å². The normalized spacial score (nSPS) is 11.7. The first kappa shape index (κ1) is 41.0. The summed E-state index contributed by atoms with van der Waals surface area (Å²) in [4.78, 5) is 43.3. The number of nitrogens with zero attached hydrogens (tertiary/aromatic N) is 8. The van der Waals surface area contributed by atoms with Gasteiger partial charge in [-0.2, -0.15) is 0 Å². The van der Waals surface area contributed by atoms with E-state index in [2.05, 4.69) is 61.4 Å². The standard InChI is InChI=1S/C18H16N4O2.C18H14N4O2.C12H11N3O/c2*1-10-16(11(2)24-22-10)13-6-14-15(9-21-18(14)20-8-13)17(23)12-4-3-5-19-7-12;1-7-11(8(2)16-15-7)10-5-9-3-4-13-12(9)14-6-10/h3-9,17,23H,1-2H3,(H,20,21);3-9H,1-2H3,(H,20,21);3-6H,1-2H3,(H,13,14). The first-order chi connectivity index (χ1) is 31.0. The zero-order chi connectivity index (χ0) is 44.5. The summed E-state index contributed by atoms with van der Waals surface area (Å²) in [5.74, 6) is 2.21. The van der Waals surface area contributed by atoms with Crippen LogP contribution in [0.3, 0.4) is 0 Å². The van der Waals surface area contributed by atoms with E-state index in [-0.39, 0.29) is 5.78 Å². The molecule has 1 unspecified atom stereocenters. The maximum absolute atomic E-state index is 12.7. The molecule has 0 radical (unpaired) electrons. The smallest absolute Gasteiger partial charge is 0.196 e. The van der Waals surface area contributed by atoms with Crippen molar-refractivity contribution < 1.29 is 23.5 Å². The van der Waals surface area contributed by atoms with Gasteiger partial charge in [0, 0.05) is 134 Å². The number of hydrogen-bond donors (Lipinski definition) is 4. The Labute approximate surface area is 364 Å². The van der Waals surface area contributed by atoms with E-state index in [1.807, 2.05) is 78.2 Å². The van der Waals surface area contributed by atoms with Gasteiger partial charge in [0.05, 0.1) is 17.1 Å². The number of fused-ring (bicyclic) bond motifs is 3. The number of H-pyrrole nitrogens is 3. The van der Waals surface area contributed by atoms with E-state index < -0.39 is 6.10 Å². The lowest BCUT2D eigenvalue weighted by Crippen LogP contribution is -2.00. The molecule has 4 N–H and O–H groups in total. The Bertz CT molecular complexity index is 3350. The first-order valence-electron chi connectivity index (χ1n) is 20.3. The Balaban J connectivity index is 0.000000124. The molecule has 0 aliphatic heterocycles. The quantitative estimate of drug-likeness (QED) is 0.110. The summed E-state index contributed by atoms with van der Waals surface area (Å²) in [6.07, 6.45) is 16.5. The molecule has 11 heterocycles. The number of carbonyl (C=O) groups excluding carboxylic acids is 1. The van der Waals surface area contributed by atoms with E-state index in [1.54, 1.807) is 67.8 Å². The molecule has 16 heteroatoms. The van der Waals surface area contributed by atoms with Gasteiger partial charge in [0.2, 0.25) is 0 Å². The highest BCUT2D eigenvalue weighted by atomic mass is 16.5. The number of rotatable bonds is 7. The highest BCUT2D eigenvalue weighted by Crippen LogP contribution is 2.34. The van der Waals surface area contributed by atoms with Crippen molar-refractivity contribution in [3.8, 4) is 33.4 Å². The van der Waals surface area contributed by atoms with Crippen molar-refractivity contribution in [2.24, 2.45) is 0 Å². The molecule has 1 atom stereocenters. The van der Waals surface area contributed by atoms with E-state index in [4.69, 9.17) is 13.6 Å². The third-order valence-corrected chi connectivity index (χ3v) is 10.9. The molecule has 0 aromatic carbocycles. The minimum Gasteiger partial charge on any atom is -0.384 e. The summed E-state index contributed by atoms with van der Waals surface area (Å²) in [5, 5.41) is 25.3. The van der Waals surface area contributed by atoms with Crippen LogP contribution in [0.2, 0.25) is 0 Å². The van der Waals surface area contributed by atoms with E-state index in [0.29, 0.717) is 16.8 Å². The van der Waals surface area contributed by atoms with Crippen molar-refractivity contribution in [3.63, 3.8) is 0 Å². The van der Waals surface area contributed by atoms with Crippen LogP contribution in [-0.2, 0) is 0 Å². The second-order valence-electron chi connectivity index (χ2n) is 15.2. The third-order valence-electron chi connectivity index (χ3n) is 10.9. The van der Waals surface area contributed by atoms with Gasteiger partial charge in [-0.25, -0.2) is 15.0 Å². The van der Waals surface area contributed by atoms with E-state index in [9.17, 15) is 9.90 Å². The topological polar surface area (TPSA) is 227 Å². The fourth-order valence-corrected chi connectivity index (χ4v) is 7.85. The number of pyridine rings is 5. The third kappa shape index (κ3) is 7.84. The monoisotopic (exact) mass is 851 g/mol. The summed E-state index contributed by atoms with van der Waals surface area (Å²) in [6, 6.07) is 15.2. The predicted molar refractivity (Wildman–Crippen MR) is 239 cm³/mol. The molecule has 11 aromatic heterocycles. The predicted octanol–water partition coefficient (Wildman–Crippen LogP) is 9.61. The Morgan fingerprint density at radius 2 is 1.12 bits per heavy atom. The second kappa shape index (κ2) is 17.2. The molecule has 11 rings (SSSR count). The van der Waals surface area contributed by atoms with Crippen LogP contribution in [0.15, 0.2) is 124 Å². The Hall–Kier alpha value is -8.37. The molecule has 0 bridgehead atoms. The minimum absolute atomic E-state index is 0.0907. The van der Waals surface area contributed by atoms with Crippen molar-refractivity contribution in [2.45, 2.75) is 47.6 Å². The summed E-state index contributed by atoms with van der Waals surface area (Å²) >= 11 is 0. The lowest BCUT2D eigenvalue weighted by atomic mass is 10.0. The Morgan fingerprint density at radius 3 is 1.67 bits per heavy atom. The summed E-state index contributed by atoms with van der Waals surface area (Å²) < 4.78 is 15.6. The van der Waals surface area contributed by atoms with Crippen molar-refractivity contribution in [1.82, 2.24) is 55.3 Å². The lowest BCUT2D eigenvalue weighted by molar-refractivity contribution is 0.104. The SMILES string of the molecule is Cc1noc(C)c1-c1cnc2[nH]cc(C(=O)c3cccnc3)c2c1.Cc1noc(C)c1-c1cnc2[nH]cc(C(O)c3cccnc3)c2c1.Cc1noc(C)c1-c1cnc2[nH]ccc2c1. The molecule has 0 saturated carbocycles. The Morgan fingerprint density at radius 1 is 0.594 bits per heavy atom. The average molecular weight is 852 g/mol. The molecule has 0 amide bonds. The molecule has 0 aliphatic carbocycles. The molecule has 0 fully saturated rings. The van der Waals surface area contributed by atoms with Crippen LogP contribution in [0, 0.1) is 41.5 Å². The number of aryl methyl sites for hydroxylation is 6. The van der Waals surface area contributed by atoms with Gasteiger partial charge in [-0.3, -0.25) is 14.8 Å². The van der Waals surface area contributed by atoms with Crippen molar-refractivity contribution >= 4 is 38.9 Å². The maximum atomic E-state index is 12.7. The van der Waals surface area contributed by atoms with Gasteiger partial charge in [-0.15, -0.1) is 0 Å². The van der Waals surface area contributed by atoms with Gasteiger partial charge >= 0.3 is 0 Å². The second-order valence-corrected chi connectivity index (χ2v) is 15.2. The zero-order valence-electron chi connectivity index (χ0n) is 35.6. The van der Waals surface area contributed by atoms with Gasteiger partial charge in [-0.05, 0) is 84.0 Å². The molecular formula is C48H41N11O5. The molecular weight excluding hydrogens is 811 g/mol. The molecule has 11 aromatic rings. The molecule has 64 heavy (non-hydrogen) atoms. The van der Waals surface area contributed by atoms with Gasteiger partial charge in [0.25, 0.3) is 0 Å². The molecule has 16 nitrogen and oxygen atoms in total. The number of carbonyl (C=O) groups is 1. The summed E-state index contributed by atoms with van der Waals surface area (Å²) in [7, 11) is 0. The van der Waals surface area contributed by atoms with E-state index in [0.717, 1.165) is 106 Å². The molecule has 0 spiro atoms. The lowest BCUT2D eigenvalue weighted by Gasteiger charge is -2.10. The Kier molecular flexibility index (Phi) is 11.0. The molecule has 0 saturated heterocycles. The first-order valence-corrected chi connectivity index (χ1v) is 20.3. The van der Waals surface area contributed by atoms with E-state index >= 15 is 0 Å². The number of aromatic nitrogens is 11. The fraction of sp³-hybridized carbons (Fsp3) is 0.146. The van der Waals surface area contributed by atoms with Crippen LogP contribution in [0.1, 0.15) is 67.5 Å². The number of aliphatic hydroxyl groups excluding tert-OH is 1. The van der Waals surface area contributed by atoms with Crippen molar-refractivity contribution in [2.75, 3.05) is 0 Å². The highest BCUT2D eigenvalue weighted by Gasteiger charge is 2.20. The minimum atomic E-state index is -0.769. The number of aliphatic hydroxyl groups is 1. The van der Waals surface area contributed by atoms with E-state index in [1.165, 1.54) is 0 Å². The summed E-state index contributed by atoms with van der Waals surface area (Å²) in [5.41, 5.74) is 13.1. The highest BCUT2D eigenvalue weighted by molar-refractivity contribution is 6.16. The number of aromatic amines is 3.